The second kappa shape index (κ2) is 11.4. The number of fused-ring (bicyclic) bond motifs is 2. The van der Waals surface area contributed by atoms with Crippen LogP contribution >= 0.6 is 11.3 Å². The van der Waals surface area contributed by atoms with Crippen LogP contribution in [0.4, 0.5) is 5.13 Å². The topological polar surface area (TPSA) is 92.3 Å². The van der Waals surface area contributed by atoms with Gasteiger partial charge in [-0.1, -0.05) is 25.2 Å². The maximum Gasteiger partial charge on any atom is 0.260 e. The van der Waals surface area contributed by atoms with Crippen LogP contribution in [0.15, 0.2) is 41.3 Å². The van der Waals surface area contributed by atoms with E-state index in [9.17, 15) is 13.2 Å². The molecule has 3 heterocycles. The molecule has 1 aromatic heterocycles. The quantitative estimate of drug-likeness (QED) is 0.397. The van der Waals surface area contributed by atoms with E-state index in [0.717, 1.165) is 29.6 Å². The molecule has 2 unspecified atom stereocenters. The molecule has 0 spiro atoms. The fourth-order valence-corrected chi connectivity index (χ4v) is 7.95. The van der Waals surface area contributed by atoms with Crippen LogP contribution in [0.5, 0.6) is 11.5 Å². The number of rotatable bonds is 8. The summed E-state index contributed by atoms with van der Waals surface area (Å²) in [5.74, 6) is 1.76. The molecule has 1 fully saturated rings. The zero-order valence-electron chi connectivity index (χ0n) is 22.9. The molecule has 2 aliphatic rings. The molecule has 39 heavy (non-hydrogen) atoms. The Kier molecular flexibility index (Phi) is 8.14. The van der Waals surface area contributed by atoms with E-state index in [1.165, 1.54) is 11.3 Å². The molecule has 5 rings (SSSR count). The summed E-state index contributed by atoms with van der Waals surface area (Å²) >= 11 is 1.43. The number of sulfonamides is 1. The van der Waals surface area contributed by atoms with Gasteiger partial charge in [-0.15, -0.1) is 0 Å². The number of aromatic nitrogens is 1. The number of benzene rings is 2. The van der Waals surface area contributed by atoms with Crippen molar-refractivity contribution in [2.75, 3.05) is 58.4 Å². The maximum atomic E-state index is 13.8. The van der Waals surface area contributed by atoms with E-state index in [4.69, 9.17) is 14.5 Å². The van der Waals surface area contributed by atoms with Crippen molar-refractivity contribution < 1.29 is 22.7 Å². The summed E-state index contributed by atoms with van der Waals surface area (Å²) in [7, 11) is 0.372. The molecule has 9 nitrogen and oxygen atoms in total. The first kappa shape index (κ1) is 27.8. The molecule has 0 saturated carbocycles. The van der Waals surface area contributed by atoms with Gasteiger partial charge in [0.15, 0.2) is 16.6 Å². The number of amides is 1. The highest BCUT2D eigenvalue weighted by Gasteiger charge is 2.32. The number of carbonyl (C=O) groups excluding carboxylic acids is 1. The van der Waals surface area contributed by atoms with Crippen LogP contribution in [0.3, 0.4) is 0 Å². The van der Waals surface area contributed by atoms with E-state index >= 15 is 0 Å². The van der Waals surface area contributed by atoms with Crippen molar-refractivity contribution >= 4 is 42.6 Å². The van der Waals surface area contributed by atoms with Gasteiger partial charge in [-0.3, -0.25) is 9.69 Å². The van der Waals surface area contributed by atoms with Gasteiger partial charge in [-0.2, -0.15) is 4.31 Å². The van der Waals surface area contributed by atoms with Gasteiger partial charge in [0.2, 0.25) is 10.0 Å². The molecule has 1 saturated heterocycles. The van der Waals surface area contributed by atoms with Crippen LogP contribution in [0.25, 0.3) is 10.2 Å². The van der Waals surface area contributed by atoms with E-state index in [1.807, 2.05) is 26.2 Å². The molecular weight excluding hydrogens is 536 g/mol. The van der Waals surface area contributed by atoms with Crippen molar-refractivity contribution in [1.82, 2.24) is 14.2 Å². The van der Waals surface area contributed by atoms with Crippen molar-refractivity contribution in [3.63, 3.8) is 0 Å². The Hall–Kier alpha value is -2.73. The van der Waals surface area contributed by atoms with Crippen LogP contribution in [0.2, 0.25) is 0 Å². The van der Waals surface area contributed by atoms with Crippen LogP contribution in [-0.4, -0.2) is 82.0 Å². The summed E-state index contributed by atoms with van der Waals surface area (Å²) in [6.07, 6.45) is 1.78. The van der Waals surface area contributed by atoms with Gasteiger partial charge in [0.1, 0.15) is 13.2 Å². The molecule has 3 aromatic rings. The van der Waals surface area contributed by atoms with Crippen LogP contribution in [0, 0.1) is 11.8 Å². The number of carbonyl (C=O) groups is 1. The molecule has 11 heteroatoms. The van der Waals surface area contributed by atoms with Crippen molar-refractivity contribution in [2.45, 2.75) is 31.6 Å². The van der Waals surface area contributed by atoms with Crippen molar-refractivity contribution in [2.24, 2.45) is 11.8 Å². The van der Waals surface area contributed by atoms with Crippen LogP contribution in [0.1, 0.15) is 37.0 Å². The van der Waals surface area contributed by atoms with Crippen molar-refractivity contribution in [1.29, 1.82) is 0 Å². The minimum Gasteiger partial charge on any atom is -0.486 e. The summed E-state index contributed by atoms with van der Waals surface area (Å²) in [4.78, 5) is 22.5. The molecule has 0 bridgehead atoms. The SMILES string of the molecule is CC1CC(C)CN(S(=O)(=O)c2ccc(C(=O)N(CCCN(C)C)c3nc4cc5c(cc4s3)OCCO5)cc2)C1. The lowest BCUT2D eigenvalue weighted by atomic mass is 9.94. The normalized spacial score (nSPS) is 19.9. The highest BCUT2D eigenvalue weighted by molar-refractivity contribution is 7.89. The molecule has 0 N–H and O–H groups in total. The highest BCUT2D eigenvalue weighted by atomic mass is 32.2. The zero-order valence-corrected chi connectivity index (χ0v) is 24.6. The average molecular weight is 573 g/mol. The molecule has 0 radical (unpaired) electrons. The third kappa shape index (κ3) is 6.06. The number of piperidine rings is 1. The highest BCUT2D eigenvalue weighted by Crippen LogP contribution is 2.39. The third-order valence-corrected chi connectivity index (χ3v) is 9.97. The number of hydrogen-bond acceptors (Lipinski definition) is 8. The van der Waals surface area contributed by atoms with Gasteiger partial charge in [0, 0.05) is 37.3 Å². The Morgan fingerprint density at radius 1 is 1.03 bits per heavy atom. The standard InChI is InChI=1S/C28H36N4O5S2/c1-19-14-20(2)18-31(17-19)39(34,35)22-8-6-21(7-9-22)27(33)32(11-5-10-30(3)4)28-29-23-15-24-25(16-26(23)38-28)37-13-12-36-24/h6-9,15-16,19-20H,5,10-14,17-18H2,1-4H3. The zero-order chi connectivity index (χ0) is 27.7. The Balaban J connectivity index is 1.41. The lowest BCUT2D eigenvalue weighted by Gasteiger charge is -2.34. The number of nitrogens with zero attached hydrogens (tertiary/aromatic N) is 4. The van der Waals surface area contributed by atoms with Gasteiger partial charge in [0.25, 0.3) is 5.91 Å². The van der Waals surface area contributed by atoms with E-state index in [2.05, 4.69) is 18.7 Å². The van der Waals surface area contributed by atoms with Gasteiger partial charge in [0.05, 0.1) is 15.1 Å². The summed E-state index contributed by atoms with van der Waals surface area (Å²) in [6.45, 7) is 7.49. The monoisotopic (exact) mass is 572 g/mol. The molecule has 0 aliphatic carbocycles. The van der Waals surface area contributed by atoms with Gasteiger partial charge in [-0.05, 0) is 69.6 Å². The minimum atomic E-state index is -3.62. The van der Waals surface area contributed by atoms with Crippen LogP contribution in [-0.2, 0) is 10.0 Å². The van der Waals surface area contributed by atoms with Gasteiger partial charge in [-0.25, -0.2) is 13.4 Å². The van der Waals surface area contributed by atoms with E-state index in [0.29, 0.717) is 66.9 Å². The molecular formula is C28H36N4O5S2. The lowest BCUT2D eigenvalue weighted by Crippen LogP contribution is -2.42. The van der Waals surface area contributed by atoms with Crippen molar-refractivity contribution in [3.05, 3.63) is 42.0 Å². The summed E-state index contributed by atoms with van der Waals surface area (Å²) in [6, 6.07) is 10.1. The second-order valence-electron chi connectivity index (χ2n) is 10.9. The van der Waals surface area contributed by atoms with Gasteiger partial charge < -0.3 is 14.4 Å². The van der Waals surface area contributed by atoms with E-state index in [-0.39, 0.29) is 10.8 Å². The average Bonchev–Trinajstić information content (AvgIpc) is 3.31. The second-order valence-corrected chi connectivity index (χ2v) is 13.8. The summed E-state index contributed by atoms with van der Waals surface area (Å²) in [5.41, 5.74) is 1.17. The van der Waals surface area contributed by atoms with Gasteiger partial charge >= 0.3 is 0 Å². The summed E-state index contributed by atoms with van der Waals surface area (Å²) < 4.78 is 40.6. The maximum absolute atomic E-state index is 13.8. The molecule has 2 aromatic carbocycles. The fourth-order valence-electron chi connectivity index (χ4n) is 5.27. The Morgan fingerprint density at radius 2 is 1.67 bits per heavy atom. The number of thiazole rings is 1. The molecule has 2 atom stereocenters. The molecule has 2 aliphatic heterocycles. The Labute approximate surface area is 234 Å². The first-order chi connectivity index (χ1) is 18.6. The lowest BCUT2D eigenvalue weighted by molar-refractivity contribution is 0.0986. The number of anilines is 1. The number of hydrogen-bond donors (Lipinski definition) is 0. The van der Waals surface area contributed by atoms with Crippen molar-refractivity contribution in [3.8, 4) is 11.5 Å². The predicted octanol–water partition coefficient (Wildman–Crippen LogP) is 4.33. The molecule has 210 valence electrons. The largest absolute Gasteiger partial charge is 0.486 e. The fraction of sp³-hybridized carbons (Fsp3) is 0.500. The van der Waals surface area contributed by atoms with E-state index < -0.39 is 10.0 Å². The van der Waals surface area contributed by atoms with Crippen LogP contribution < -0.4 is 14.4 Å². The Bertz CT molecular complexity index is 1390. The Morgan fingerprint density at radius 3 is 2.31 bits per heavy atom. The third-order valence-electron chi connectivity index (χ3n) is 7.08. The minimum absolute atomic E-state index is 0.213. The molecule has 1 amide bonds. The number of ether oxygens (including phenoxy) is 2. The first-order valence-corrected chi connectivity index (χ1v) is 15.6. The summed E-state index contributed by atoms with van der Waals surface area (Å²) in [5, 5.41) is 0.587. The predicted molar refractivity (Wildman–Crippen MR) is 154 cm³/mol. The van der Waals surface area contributed by atoms with E-state index in [1.54, 1.807) is 33.5 Å². The first-order valence-electron chi connectivity index (χ1n) is 13.4. The smallest absolute Gasteiger partial charge is 0.260 e.